The smallest absolute Gasteiger partial charge is 0.228 e. The van der Waals surface area contributed by atoms with Crippen molar-refractivity contribution in [3.63, 3.8) is 0 Å². The Kier molecular flexibility index (Phi) is 4.01. The van der Waals surface area contributed by atoms with Gasteiger partial charge in [0.05, 0.1) is 16.9 Å². The number of nitriles is 1. The SMILES string of the molecule is Cn1ccc(Nc2nccc(-c3cc(C#N)c4c(c3)C(C)(CN)CN4)n2)n1. The lowest BCUT2D eigenvalue weighted by molar-refractivity contribution is 0.536. The van der Waals surface area contributed by atoms with Gasteiger partial charge < -0.3 is 16.4 Å². The number of aryl methyl sites for hydroxylation is 1. The monoisotopic (exact) mass is 360 g/mol. The van der Waals surface area contributed by atoms with E-state index in [4.69, 9.17) is 5.73 Å². The highest BCUT2D eigenvalue weighted by molar-refractivity contribution is 5.76. The lowest BCUT2D eigenvalue weighted by Crippen LogP contribution is -2.33. The fourth-order valence-corrected chi connectivity index (χ4v) is 3.28. The summed E-state index contributed by atoms with van der Waals surface area (Å²) < 4.78 is 1.70. The number of aromatic nitrogens is 4. The van der Waals surface area contributed by atoms with Gasteiger partial charge in [-0.25, -0.2) is 9.97 Å². The zero-order valence-electron chi connectivity index (χ0n) is 15.2. The lowest BCUT2D eigenvalue weighted by atomic mass is 9.83. The van der Waals surface area contributed by atoms with Gasteiger partial charge >= 0.3 is 0 Å². The third kappa shape index (κ3) is 2.98. The zero-order chi connectivity index (χ0) is 19.0. The van der Waals surface area contributed by atoms with E-state index in [1.54, 1.807) is 10.9 Å². The van der Waals surface area contributed by atoms with E-state index in [0.717, 1.165) is 22.5 Å². The number of benzene rings is 1. The van der Waals surface area contributed by atoms with E-state index < -0.39 is 0 Å². The summed E-state index contributed by atoms with van der Waals surface area (Å²) in [7, 11) is 1.85. The molecule has 0 saturated heterocycles. The van der Waals surface area contributed by atoms with Crippen molar-refractivity contribution in [2.24, 2.45) is 12.8 Å². The van der Waals surface area contributed by atoms with Crippen molar-refractivity contribution in [3.8, 4) is 17.3 Å². The van der Waals surface area contributed by atoms with Crippen molar-refractivity contribution in [1.82, 2.24) is 19.7 Å². The maximum absolute atomic E-state index is 9.59. The van der Waals surface area contributed by atoms with Crippen LogP contribution in [0.2, 0.25) is 0 Å². The predicted octanol–water partition coefficient (Wildman–Crippen LogP) is 2.13. The third-order valence-electron chi connectivity index (χ3n) is 4.92. The van der Waals surface area contributed by atoms with E-state index in [1.807, 2.05) is 31.4 Å². The largest absolute Gasteiger partial charge is 0.383 e. The van der Waals surface area contributed by atoms with Gasteiger partial charge in [0, 0.05) is 49.6 Å². The first-order chi connectivity index (χ1) is 13.0. The van der Waals surface area contributed by atoms with E-state index in [1.165, 1.54) is 0 Å². The Bertz CT molecular complexity index is 1050. The number of nitrogens with two attached hydrogens (primary N) is 1. The summed E-state index contributed by atoms with van der Waals surface area (Å²) in [5.74, 6) is 1.12. The van der Waals surface area contributed by atoms with Gasteiger partial charge in [0.15, 0.2) is 5.82 Å². The number of nitrogens with one attached hydrogen (secondary N) is 2. The molecule has 2 aromatic heterocycles. The van der Waals surface area contributed by atoms with Gasteiger partial charge in [0.1, 0.15) is 6.07 Å². The Morgan fingerprint density at radius 3 is 2.96 bits per heavy atom. The summed E-state index contributed by atoms with van der Waals surface area (Å²) in [5.41, 5.74) is 9.91. The predicted molar refractivity (Wildman–Crippen MR) is 104 cm³/mol. The van der Waals surface area contributed by atoms with E-state index in [-0.39, 0.29) is 5.41 Å². The molecular weight excluding hydrogens is 340 g/mol. The Balaban J connectivity index is 1.75. The van der Waals surface area contributed by atoms with Gasteiger partial charge in [-0.2, -0.15) is 10.4 Å². The average Bonchev–Trinajstić information content (AvgIpc) is 3.25. The van der Waals surface area contributed by atoms with Crippen LogP contribution in [0.5, 0.6) is 0 Å². The molecule has 4 rings (SSSR count). The molecule has 0 amide bonds. The number of rotatable bonds is 4. The molecule has 27 heavy (non-hydrogen) atoms. The summed E-state index contributed by atoms with van der Waals surface area (Å²) in [6.07, 6.45) is 3.53. The fraction of sp³-hybridized carbons (Fsp3) is 0.263. The summed E-state index contributed by atoms with van der Waals surface area (Å²) in [5, 5.41) is 20.3. The van der Waals surface area contributed by atoms with Gasteiger partial charge in [0.2, 0.25) is 5.95 Å². The second-order valence-corrected chi connectivity index (χ2v) is 6.94. The first-order valence-corrected chi connectivity index (χ1v) is 8.65. The minimum Gasteiger partial charge on any atom is -0.383 e. The summed E-state index contributed by atoms with van der Waals surface area (Å²) in [6, 6.07) is 9.87. The normalized spacial score (nSPS) is 17.9. The third-order valence-corrected chi connectivity index (χ3v) is 4.92. The highest BCUT2D eigenvalue weighted by Crippen LogP contribution is 2.40. The van der Waals surface area contributed by atoms with Gasteiger partial charge in [-0.15, -0.1) is 0 Å². The molecule has 0 fully saturated rings. The number of nitrogens with zero attached hydrogens (tertiary/aromatic N) is 5. The molecule has 136 valence electrons. The van der Waals surface area contributed by atoms with Gasteiger partial charge in [-0.05, 0) is 23.8 Å². The first-order valence-electron chi connectivity index (χ1n) is 8.65. The van der Waals surface area contributed by atoms with Gasteiger partial charge in [-0.1, -0.05) is 6.92 Å². The van der Waals surface area contributed by atoms with Crippen LogP contribution in [0.1, 0.15) is 18.1 Å². The molecule has 1 atom stereocenters. The number of fused-ring (bicyclic) bond motifs is 1. The summed E-state index contributed by atoms with van der Waals surface area (Å²) >= 11 is 0. The molecule has 1 aromatic carbocycles. The maximum atomic E-state index is 9.59. The van der Waals surface area contributed by atoms with Crippen molar-refractivity contribution < 1.29 is 0 Å². The number of hydrogen-bond donors (Lipinski definition) is 3. The van der Waals surface area contributed by atoms with Gasteiger partial charge in [-0.3, -0.25) is 4.68 Å². The number of hydrogen-bond acceptors (Lipinski definition) is 7. The van der Waals surface area contributed by atoms with Crippen LogP contribution in [0.3, 0.4) is 0 Å². The molecule has 3 heterocycles. The molecule has 0 bridgehead atoms. The minimum absolute atomic E-state index is 0.209. The van der Waals surface area contributed by atoms with Crippen LogP contribution in [-0.2, 0) is 12.5 Å². The highest BCUT2D eigenvalue weighted by Gasteiger charge is 2.35. The van der Waals surface area contributed by atoms with Crippen LogP contribution in [-0.4, -0.2) is 32.8 Å². The molecule has 8 heteroatoms. The average molecular weight is 360 g/mol. The molecule has 8 nitrogen and oxygen atoms in total. The Hall–Kier alpha value is -3.44. The first kappa shape index (κ1) is 17.0. The molecule has 0 radical (unpaired) electrons. The van der Waals surface area contributed by atoms with Crippen LogP contribution in [0.25, 0.3) is 11.3 Å². The lowest BCUT2D eigenvalue weighted by Gasteiger charge is -2.22. The zero-order valence-corrected chi connectivity index (χ0v) is 15.2. The van der Waals surface area contributed by atoms with E-state index >= 15 is 0 Å². The van der Waals surface area contributed by atoms with E-state index in [0.29, 0.717) is 30.4 Å². The van der Waals surface area contributed by atoms with E-state index in [9.17, 15) is 5.26 Å². The molecule has 1 aliphatic rings. The van der Waals surface area contributed by atoms with Crippen molar-refractivity contribution >= 4 is 17.5 Å². The standard InChI is InChI=1S/C19H20N8/c1-19(10-21)11-23-17-13(9-20)7-12(8-14(17)19)15-3-5-22-18(24-15)25-16-4-6-27(2)26-16/h3-8,23H,10-11,21H2,1-2H3,(H,22,24,25,26). The maximum Gasteiger partial charge on any atom is 0.228 e. The molecule has 0 saturated carbocycles. The fourth-order valence-electron chi connectivity index (χ4n) is 3.28. The molecular formula is C19H20N8. The highest BCUT2D eigenvalue weighted by atomic mass is 15.3. The Labute approximate surface area is 157 Å². The molecule has 4 N–H and O–H groups in total. The van der Waals surface area contributed by atoms with Crippen LogP contribution in [0, 0.1) is 11.3 Å². The molecule has 3 aromatic rings. The van der Waals surface area contributed by atoms with Crippen molar-refractivity contribution in [3.05, 3.63) is 47.8 Å². The molecule has 1 unspecified atom stereocenters. The van der Waals surface area contributed by atoms with Crippen LogP contribution in [0.15, 0.2) is 36.7 Å². The topological polar surface area (TPSA) is 117 Å². The quantitative estimate of drug-likeness (QED) is 0.652. The van der Waals surface area contributed by atoms with Crippen molar-refractivity contribution in [2.45, 2.75) is 12.3 Å². The van der Waals surface area contributed by atoms with Crippen molar-refractivity contribution in [2.75, 3.05) is 23.7 Å². The van der Waals surface area contributed by atoms with Gasteiger partial charge in [0.25, 0.3) is 0 Å². The molecule has 0 aliphatic carbocycles. The molecule has 1 aliphatic heterocycles. The van der Waals surface area contributed by atoms with Crippen LogP contribution < -0.4 is 16.4 Å². The number of anilines is 3. The van der Waals surface area contributed by atoms with E-state index in [2.05, 4.69) is 44.8 Å². The van der Waals surface area contributed by atoms with Crippen LogP contribution in [0.4, 0.5) is 17.5 Å². The Morgan fingerprint density at radius 1 is 1.41 bits per heavy atom. The summed E-state index contributed by atoms with van der Waals surface area (Å²) in [6.45, 7) is 3.32. The van der Waals surface area contributed by atoms with Crippen LogP contribution >= 0.6 is 0 Å². The minimum atomic E-state index is -0.209. The second kappa shape index (κ2) is 6.37. The Morgan fingerprint density at radius 2 is 2.26 bits per heavy atom. The summed E-state index contributed by atoms with van der Waals surface area (Å²) in [4.78, 5) is 8.85. The second-order valence-electron chi connectivity index (χ2n) is 6.94. The molecule has 0 spiro atoms. The van der Waals surface area contributed by atoms with Crippen molar-refractivity contribution in [1.29, 1.82) is 5.26 Å².